The van der Waals surface area contributed by atoms with Gasteiger partial charge in [-0.15, -0.1) is 0 Å². The number of fused-ring (bicyclic) bond motifs is 12. The number of anilines is 6. The molecule has 0 radical (unpaired) electrons. The molecule has 0 spiro atoms. The highest BCUT2D eigenvalue weighted by molar-refractivity contribution is 7.20. The van der Waals surface area contributed by atoms with Gasteiger partial charge in [0.2, 0.25) is 0 Å². The zero-order valence-corrected chi connectivity index (χ0v) is 78.7. The van der Waals surface area contributed by atoms with Gasteiger partial charge in [-0.1, -0.05) is 413 Å². The van der Waals surface area contributed by atoms with Gasteiger partial charge in [-0.2, -0.15) is 0 Å². The maximum absolute atomic E-state index is 6.49. The van der Waals surface area contributed by atoms with Crippen molar-refractivity contribution >= 4 is 179 Å². The zero-order valence-electron chi connectivity index (χ0n) is 76.7. The zero-order chi connectivity index (χ0) is 92.9. The Morgan fingerprint density at radius 1 is 0.157 bits per heavy atom. The summed E-state index contributed by atoms with van der Waals surface area (Å²) in [5, 5.41) is 20.2. The molecule has 26 aromatic rings. The van der Waals surface area contributed by atoms with Crippen LogP contribution in [0.1, 0.15) is 0 Å². The van der Waals surface area contributed by atoms with Gasteiger partial charge in [-0.25, -0.2) is 0 Å². The summed E-state index contributed by atoms with van der Waals surface area (Å²) in [5.74, 6) is 0. The summed E-state index contributed by atoms with van der Waals surface area (Å²) >= 11 is 0. The molecule has 0 aliphatic carbocycles. The Balaban J connectivity index is 0.000000148. The Morgan fingerprint density at radius 3 is 0.779 bits per heavy atom. The average molecular weight is 1820 g/mol. The molecule has 4 aromatic heterocycles. The summed E-state index contributed by atoms with van der Waals surface area (Å²) in [5.41, 5.74) is 26.5. The number of hydrogen-bond donors (Lipinski definition) is 0. The molecule has 0 amide bonds. The van der Waals surface area contributed by atoms with Crippen LogP contribution in [0.2, 0.25) is 0 Å². The van der Waals surface area contributed by atoms with Gasteiger partial charge < -0.3 is 27.8 Å². The van der Waals surface area contributed by atoms with Crippen LogP contribution in [-0.4, -0.2) is 25.3 Å². The van der Waals surface area contributed by atoms with Gasteiger partial charge in [0.25, 0.3) is 0 Å². The standard InChI is InChI=1S/2C66H46N2OSi/c1-5-18-50(19-6-1)68-62-29-15-13-27-61(62)66-58(28-17-30-63(66)68)49-34-32-47(33-35-49)48-36-38-51(39-37-48)67(53-42-45-60-59-26-14-16-31-64(59)69-65(60)46-53)52-40-43-57(44-41-52)70(54-20-7-2-8-21-54,55-22-9-3-10-23-55)56-24-11-4-12-25-56;1-5-18-50(19-6-1)68-62-29-15-13-27-60(62)66-58(28-17-30-63(66)68)49-34-32-47(33-35-49)48-36-38-51(39-37-48)67(53-42-45-65-61(46-53)59-26-14-16-31-64(59)69-65)52-40-43-57(44-41-52)70(54-20-7-2-8-21-54,55-22-9-3-10-23-55)56-24-11-4-12-25-56/h2*1-46H. The van der Waals surface area contributed by atoms with Crippen molar-refractivity contribution in [3.05, 3.63) is 558 Å². The van der Waals surface area contributed by atoms with Gasteiger partial charge >= 0.3 is 0 Å². The molecule has 0 bridgehead atoms. The normalized spacial score (nSPS) is 11.7. The van der Waals surface area contributed by atoms with Crippen LogP contribution in [0.4, 0.5) is 34.1 Å². The fraction of sp³-hybridized carbons (Fsp3) is 0. The minimum Gasteiger partial charge on any atom is -0.456 e. The Hall–Kier alpha value is -17.9. The van der Waals surface area contributed by atoms with Crippen LogP contribution in [0.5, 0.6) is 0 Å². The van der Waals surface area contributed by atoms with Crippen LogP contribution in [0, 0.1) is 0 Å². The average Bonchev–Trinajstić information content (AvgIpc) is 1.27. The van der Waals surface area contributed by atoms with E-state index in [9.17, 15) is 0 Å². The molecule has 8 heteroatoms. The van der Waals surface area contributed by atoms with E-state index in [4.69, 9.17) is 8.83 Å². The van der Waals surface area contributed by atoms with E-state index in [1.807, 2.05) is 24.3 Å². The Kier molecular flexibility index (Phi) is 21.6. The molecule has 0 fully saturated rings. The Morgan fingerprint density at radius 2 is 0.407 bits per heavy atom. The SMILES string of the molecule is c1ccc(-n2c3ccccc3c3c(-c4ccc(-c5ccc(N(c6ccc([Si](c7ccccc7)(c7ccccc7)c7ccccc7)cc6)c6ccc7c(c6)oc6ccccc67)cc5)cc4)cccc32)cc1.c1ccc(-n2c3ccccc3c3c(-c4ccc(-c5ccc(N(c6ccc([Si](c7ccccc7)(c7ccccc7)c7ccccc7)cc6)c6ccc7oc8ccccc8c7c6)cc5)cc4)cccc32)cc1. The first-order chi connectivity index (χ1) is 69.4. The highest BCUT2D eigenvalue weighted by Gasteiger charge is 2.43. The van der Waals surface area contributed by atoms with Gasteiger partial charge in [0.15, 0.2) is 16.1 Å². The number of nitrogens with zero attached hydrogens (tertiary/aromatic N) is 4. The van der Waals surface area contributed by atoms with Crippen molar-refractivity contribution < 1.29 is 8.83 Å². The van der Waals surface area contributed by atoms with Crippen LogP contribution >= 0.6 is 0 Å². The van der Waals surface area contributed by atoms with E-state index < -0.39 is 16.1 Å². The molecule has 0 aliphatic heterocycles. The molecule has 0 N–H and O–H groups in total. The molecule has 22 aromatic carbocycles. The van der Waals surface area contributed by atoms with Crippen molar-refractivity contribution in [2.45, 2.75) is 0 Å². The minimum atomic E-state index is -2.72. The first-order valence-electron chi connectivity index (χ1n) is 48.0. The highest BCUT2D eigenvalue weighted by atomic mass is 28.3. The Bertz CT molecular complexity index is 8770. The molecular weight excluding hydrogens is 1730 g/mol. The second-order valence-corrected chi connectivity index (χ2v) is 43.7. The number of hydrogen-bond acceptors (Lipinski definition) is 4. The third-order valence-corrected chi connectivity index (χ3v) is 37.9. The molecule has 26 rings (SSSR count). The summed E-state index contributed by atoms with van der Waals surface area (Å²) in [6.07, 6.45) is 0. The van der Waals surface area contributed by atoms with Gasteiger partial charge in [-0.05, 0) is 226 Å². The van der Waals surface area contributed by atoms with E-state index >= 15 is 0 Å². The van der Waals surface area contributed by atoms with Crippen LogP contribution in [0.25, 0.3) is 143 Å². The van der Waals surface area contributed by atoms with Crippen LogP contribution < -0.4 is 51.3 Å². The molecule has 0 saturated carbocycles. The first-order valence-corrected chi connectivity index (χ1v) is 52.0. The lowest BCUT2D eigenvalue weighted by Gasteiger charge is -2.35. The van der Waals surface area contributed by atoms with E-state index in [-0.39, 0.29) is 0 Å². The summed E-state index contributed by atoms with van der Waals surface area (Å²) in [6, 6.07) is 203. The summed E-state index contributed by atoms with van der Waals surface area (Å²) in [7, 11) is -5.43. The summed E-state index contributed by atoms with van der Waals surface area (Å²) in [6.45, 7) is 0. The van der Waals surface area contributed by atoms with Gasteiger partial charge in [0, 0.05) is 94.7 Å². The molecular formula is C132H92N4O2Si2. The third-order valence-electron chi connectivity index (χ3n) is 28.3. The van der Waals surface area contributed by atoms with Gasteiger partial charge in [-0.3, -0.25) is 0 Å². The molecule has 6 nitrogen and oxygen atoms in total. The lowest BCUT2D eigenvalue weighted by atomic mass is 9.97. The van der Waals surface area contributed by atoms with E-state index in [0.717, 1.165) is 106 Å². The second-order valence-electron chi connectivity index (χ2n) is 36.0. The lowest BCUT2D eigenvalue weighted by molar-refractivity contribution is 0.668. The van der Waals surface area contributed by atoms with E-state index in [0.29, 0.717) is 0 Å². The minimum absolute atomic E-state index is 0.862. The molecule has 0 aliphatic rings. The number of para-hydroxylation sites is 6. The van der Waals surface area contributed by atoms with Crippen LogP contribution in [-0.2, 0) is 0 Å². The topological polar surface area (TPSA) is 42.6 Å². The van der Waals surface area contributed by atoms with Crippen LogP contribution in [0.3, 0.4) is 0 Å². The second kappa shape index (κ2) is 36.0. The van der Waals surface area contributed by atoms with Gasteiger partial charge in [0.1, 0.15) is 22.3 Å². The van der Waals surface area contributed by atoms with Crippen molar-refractivity contribution in [3.8, 4) is 55.9 Å². The fourth-order valence-corrected chi connectivity index (χ4v) is 31.5. The number of benzene rings is 22. The predicted octanol–water partition coefficient (Wildman–Crippen LogP) is 29.7. The van der Waals surface area contributed by atoms with Crippen molar-refractivity contribution in [1.82, 2.24) is 9.13 Å². The molecule has 0 atom stereocenters. The van der Waals surface area contributed by atoms with Gasteiger partial charge in [0.05, 0.1) is 22.1 Å². The Labute approximate surface area is 815 Å². The van der Waals surface area contributed by atoms with E-state index in [1.54, 1.807) is 0 Å². The number of aromatic nitrogens is 2. The number of rotatable bonds is 20. The number of furan rings is 2. The molecule has 0 saturated heterocycles. The highest BCUT2D eigenvalue weighted by Crippen LogP contribution is 2.46. The largest absolute Gasteiger partial charge is 0.456 e. The fourth-order valence-electron chi connectivity index (χ4n) is 22.0. The van der Waals surface area contributed by atoms with Crippen LogP contribution in [0.15, 0.2) is 567 Å². The predicted molar refractivity (Wildman–Crippen MR) is 594 cm³/mol. The van der Waals surface area contributed by atoms with Crippen molar-refractivity contribution in [2.75, 3.05) is 9.80 Å². The maximum atomic E-state index is 6.49. The molecule has 4 heterocycles. The van der Waals surface area contributed by atoms with Crippen molar-refractivity contribution in [1.29, 1.82) is 0 Å². The molecule has 0 unspecified atom stereocenters. The smallest absolute Gasteiger partial charge is 0.179 e. The first kappa shape index (κ1) is 83.9. The summed E-state index contributed by atoms with van der Waals surface area (Å²) in [4.78, 5) is 4.73. The van der Waals surface area contributed by atoms with Crippen molar-refractivity contribution in [2.24, 2.45) is 0 Å². The third kappa shape index (κ3) is 14.7. The maximum Gasteiger partial charge on any atom is 0.179 e. The monoisotopic (exact) mass is 1820 g/mol. The van der Waals surface area contributed by atoms with E-state index in [2.05, 4.69) is 553 Å². The molecule has 660 valence electrons. The summed E-state index contributed by atoms with van der Waals surface area (Å²) < 4.78 is 17.6. The van der Waals surface area contributed by atoms with E-state index in [1.165, 1.54) is 113 Å². The molecule has 140 heavy (non-hydrogen) atoms. The lowest BCUT2D eigenvalue weighted by Crippen LogP contribution is -2.74. The van der Waals surface area contributed by atoms with Crippen molar-refractivity contribution in [3.63, 3.8) is 0 Å². The quantitative estimate of drug-likeness (QED) is 0.0563.